The predicted molar refractivity (Wildman–Crippen MR) is 108 cm³/mol. The summed E-state index contributed by atoms with van der Waals surface area (Å²) in [6.07, 6.45) is 17.6. The van der Waals surface area contributed by atoms with Crippen LogP contribution >= 0.6 is 0 Å². The van der Waals surface area contributed by atoms with Crippen molar-refractivity contribution in [3.8, 4) is 0 Å². The maximum atomic E-state index is 9.34. The van der Waals surface area contributed by atoms with Crippen molar-refractivity contribution in [1.29, 1.82) is 0 Å². The fraction of sp³-hybridized carbons (Fsp3) is 0.800. The molecular weight excluding hydrogens is 346 g/mol. The minimum Gasteiger partial charge on any atom is -0.411 e. The Morgan fingerprint density at radius 2 is 2.04 bits per heavy atom. The van der Waals surface area contributed by atoms with Gasteiger partial charge in [0.2, 0.25) is 0 Å². The summed E-state index contributed by atoms with van der Waals surface area (Å²) >= 11 is 0. The lowest BCUT2D eigenvalue weighted by molar-refractivity contribution is -0.142. The summed E-state index contributed by atoms with van der Waals surface area (Å²) in [5, 5.41) is 12.9. The molecule has 7 rings (SSSR count). The van der Waals surface area contributed by atoms with E-state index < -0.39 is 0 Å². The van der Waals surface area contributed by atoms with Gasteiger partial charge in [0, 0.05) is 5.41 Å². The van der Waals surface area contributed by atoms with Crippen LogP contribution < -0.4 is 0 Å². The van der Waals surface area contributed by atoms with Crippen LogP contribution in [-0.4, -0.2) is 23.1 Å². The lowest BCUT2D eigenvalue weighted by Gasteiger charge is -2.59. The average Bonchev–Trinajstić information content (AvgIpc) is 3.64. The van der Waals surface area contributed by atoms with Crippen LogP contribution in [0.4, 0.5) is 0 Å². The zero-order valence-corrected chi connectivity index (χ0v) is 17.0. The average molecular weight is 380 g/mol. The van der Waals surface area contributed by atoms with Gasteiger partial charge in [-0.25, -0.2) is 0 Å². The van der Waals surface area contributed by atoms with Gasteiger partial charge >= 0.3 is 0 Å². The third-order valence-electron chi connectivity index (χ3n) is 10.5. The first-order valence-corrected chi connectivity index (χ1v) is 11.9. The van der Waals surface area contributed by atoms with E-state index in [0.717, 1.165) is 66.1 Å². The summed E-state index contributed by atoms with van der Waals surface area (Å²) in [5.74, 6) is 6.96. The first-order chi connectivity index (χ1) is 13.7. The highest BCUT2D eigenvalue weighted by atomic mass is 16.5. The Morgan fingerprint density at radius 1 is 1.14 bits per heavy atom. The van der Waals surface area contributed by atoms with Crippen LogP contribution in [-0.2, 0) is 4.74 Å². The summed E-state index contributed by atoms with van der Waals surface area (Å²) in [6.45, 7) is 3.45. The summed E-state index contributed by atoms with van der Waals surface area (Å²) in [6, 6.07) is 0. The summed E-state index contributed by atoms with van der Waals surface area (Å²) in [7, 11) is 0. The molecule has 150 valence electrons. The standard InChI is InChI=1S/C25H33NO2/c1-24-9-7-18-17-6-5-16(26-27)11-15(17)12-19(14-3-4-14)22(18)23(24)20-13-21(20)25(24)8-2-10-28-25/h2,8,11,14,17-23,27H,3-7,9-10,12-13H2,1H3/b26-16+/t17-,18+,19+,20-,21+,22-,23-,24-,25-/m0/s1. The van der Waals surface area contributed by atoms with E-state index in [0.29, 0.717) is 5.41 Å². The molecule has 0 unspecified atom stereocenters. The van der Waals surface area contributed by atoms with E-state index in [9.17, 15) is 5.21 Å². The van der Waals surface area contributed by atoms with Crippen molar-refractivity contribution in [3.63, 3.8) is 0 Å². The summed E-state index contributed by atoms with van der Waals surface area (Å²) in [4.78, 5) is 0. The van der Waals surface area contributed by atoms with Gasteiger partial charge in [0.1, 0.15) is 0 Å². The van der Waals surface area contributed by atoms with Gasteiger partial charge in [-0.2, -0.15) is 0 Å². The number of ether oxygens (including phenoxy) is 1. The molecule has 1 N–H and O–H groups in total. The molecule has 6 aliphatic carbocycles. The molecule has 28 heavy (non-hydrogen) atoms. The van der Waals surface area contributed by atoms with Crippen LogP contribution in [0.3, 0.4) is 0 Å². The molecule has 7 aliphatic rings. The van der Waals surface area contributed by atoms with Crippen LogP contribution in [0.5, 0.6) is 0 Å². The Hall–Kier alpha value is -1.09. The first-order valence-electron chi connectivity index (χ1n) is 11.9. The molecule has 0 aromatic carbocycles. The zero-order chi connectivity index (χ0) is 18.7. The van der Waals surface area contributed by atoms with Crippen LogP contribution in [0.2, 0.25) is 0 Å². The van der Waals surface area contributed by atoms with Gasteiger partial charge in [-0.1, -0.05) is 29.8 Å². The number of rotatable bonds is 1. The zero-order valence-electron chi connectivity index (χ0n) is 17.0. The molecule has 0 aromatic heterocycles. The van der Waals surface area contributed by atoms with E-state index in [1.807, 2.05) is 0 Å². The number of nitrogens with zero attached hydrogens (tertiary/aromatic N) is 1. The topological polar surface area (TPSA) is 41.8 Å². The predicted octanol–water partition coefficient (Wildman–Crippen LogP) is 5.21. The van der Waals surface area contributed by atoms with Crippen molar-refractivity contribution in [1.82, 2.24) is 0 Å². The Labute approximate surface area is 168 Å². The summed E-state index contributed by atoms with van der Waals surface area (Å²) in [5.41, 5.74) is 2.99. The van der Waals surface area contributed by atoms with Crippen LogP contribution in [0.1, 0.15) is 58.3 Å². The largest absolute Gasteiger partial charge is 0.411 e. The van der Waals surface area contributed by atoms with Gasteiger partial charge in [-0.3, -0.25) is 0 Å². The molecule has 9 atom stereocenters. The summed E-state index contributed by atoms with van der Waals surface area (Å²) < 4.78 is 6.59. The molecule has 1 aliphatic heterocycles. The second-order valence-electron chi connectivity index (χ2n) is 11.4. The van der Waals surface area contributed by atoms with Crippen molar-refractivity contribution in [3.05, 3.63) is 23.8 Å². The molecular formula is C25H33NO2. The fourth-order valence-electron chi connectivity index (χ4n) is 9.43. The Kier molecular flexibility index (Phi) is 3.18. The Bertz CT molecular complexity index is 809. The van der Waals surface area contributed by atoms with Gasteiger partial charge in [0.05, 0.1) is 17.9 Å². The smallest absolute Gasteiger partial charge is 0.0954 e. The molecule has 1 heterocycles. The van der Waals surface area contributed by atoms with E-state index in [1.54, 1.807) is 5.57 Å². The highest BCUT2D eigenvalue weighted by molar-refractivity contribution is 5.96. The quantitative estimate of drug-likeness (QED) is 0.386. The van der Waals surface area contributed by atoms with Gasteiger partial charge in [-0.05, 0) is 105 Å². The normalized spacial score (nSPS) is 57.5. The second-order valence-corrected chi connectivity index (χ2v) is 11.4. The number of allylic oxidation sites excluding steroid dienone is 2. The third-order valence-corrected chi connectivity index (χ3v) is 10.5. The SMILES string of the molecule is C[C@]12CC[C@H]3[C@H]([C@@H]1[C@H]1C[C@H]1[C@@]21C=CCO1)[C@@H](C1CC1)CC1=C/C(=N/O)CC[C@@H]13. The first kappa shape index (κ1) is 16.7. The number of fused-ring (bicyclic) bond motifs is 9. The van der Waals surface area contributed by atoms with E-state index in [4.69, 9.17) is 4.74 Å². The number of oxime groups is 1. The lowest BCUT2D eigenvalue weighted by Crippen LogP contribution is -2.56. The lowest BCUT2D eigenvalue weighted by atomic mass is 9.46. The van der Waals surface area contributed by atoms with Crippen LogP contribution in [0.25, 0.3) is 0 Å². The van der Waals surface area contributed by atoms with Gasteiger partial charge in [-0.15, -0.1) is 0 Å². The van der Waals surface area contributed by atoms with E-state index in [2.05, 4.69) is 30.3 Å². The molecule has 0 amide bonds. The molecule has 0 radical (unpaired) electrons. The van der Waals surface area contributed by atoms with E-state index in [-0.39, 0.29) is 5.60 Å². The van der Waals surface area contributed by atoms with Crippen molar-refractivity contribution in [2.24, 2.45) is 57.9 Å². The van der Waals surface area contributed by atoms with Gasteiger partial charge in [0.25, 0.3) is 0 Å². The van der Waals surface area contributed by atoms with Crippen LogP contribution in [0, 0.1) is 52.8 Å². The maximum Gasteiger partial charge on any atom is 0.0954 e. The minimum atomic E-state index is 0.0702. The second kappa shape index (κ2) is 5.33. The molecule has 5 fully saturated rings. The maximum absolute atomic E-state index is 9.34. The minimum absolute atomic E-state index is 0.0702. The van der Waals surface area contributed by atoms with E-state index >= 15 is 0 Å². The molecule has 0 saturated heterocycles. The van der Waals surface area contributed by atoms with Crippen molar-refractivity contribution in [2.45, 2.75) is 63.9 Å². The molecule has 0 bridgehead atoms. The van der Waals surface area contributed by atoms with E-state index in [1.165, 1.54) is 44.9 Å². The fourth-order valence-corrected chi connectivity index (χ4v) is 9.43. The highest BCUT2D eigenvalue weighted by Crippen LogP contribution is 2.78. The molecule has 0 aromatic rings. The Morgan fingerprint density at radius 3 is 2.79 bits per heavy atom. The Balaban J connectivity index is 1.32. The molecule has 1 spiro atoms. The van der Waals surface area contributed by atoms with Crippen molar-refractivity contribution < 1.29 is 9.94 Å². The van der Waals surface area contributed by atoms with Gasteiger partial charge < -0.3 is 9.94 Å². The number of hydrogen-bond donors (Lipinski definition) is 1. The third kappa shape index (κ3) is 1.89. The molecule has 5 saturated carbocycles. The molecule has 3 heteroatoms. The highest BCUT2D eigenvalue weighted by Gasteiger charge is 2.77. The van der Waals surface area contributed by atoms with Crippen LogP contribution in [0.15, 0.2) is 29.0 Å². The van der Waals surface area contributed by atoms with Crippen molar-refractivity contribution in [2.75, 3.05) is 6.61 Å². The van der Waals surface area contributed by atoms with Crippen molar-refractivity contribution >= 4 is 5.71 Å². The monoisotopic (exact) mass is 379 g/mol. The number of hydrogen-bond acceptors (Lipinski definition) is 3. The van der Waals surface area contributed by atoms with Gasteiger partial charge in [0.15, 0.2) is 0 Å². The molecule has 3 nitrogen and oxygen atoms in total.